The van der Waals surface area contributed by atoms with Crippen molar-refractivity contribution in [1.82, 2.24) is 5.32 Å². The Morgan fingerprint density at radius 1 is 0.850 bits per heavy atom. The third-order valence-electron chi connectivity index (χ3n) is 3.76. The number of nitrogens with one attached hydrogen (secondary N) is 1. The molecule has 0 fully saturated rings. The molecule has 0 radical (unpaired) electrons. The first-order valence-electron chi connectivity index (χ1n) is 7.08. The Morgan fingerprint density at radius 3 is 2.05 bits per heavy atom. The molecule has 0 bridgehead atoms. The average Bonchev–Trinajstić information content (AvgIpc) is 2.47. The third kappa shape index (κ3) is 3.20. The first kappa shape index (κ1) is 14.6. The highest BCUT2D eigenvalue weighted by Crippen LogP contribution is 2.27. The fourth-order valence-electron chi connectivity index (χ4n) is 2.65. The maximum absolute atomic E-state index is 5.44. The molecule has 2 aromatic carbocycles. The van der Waals surface area contributed by atoms with E-state index in [4.69, 9.17) is 4.74 Å². The topological polar surface area (TPSA) is 21.3 Å². The van der Waals surface area contributed by atoms with Gasteiger partial charge in [-0.3, -0.25) is 0 Å². The Kier molecular flexibility index (Phi) is 4.80. The maximum Gasteiger partial charge on any atom is 0.123 e. The summed E-state index contributed by atoms with van der Waals surface area (Å²) in [5, 5.41) is 3.65. The number of hydrogen-bond acceptors (Lipinski definition) is 2. The summed E-state index contributed by atoms with van der Waals surface area (Å²) >= 11 is 0. The van der Waals surface area contributed by atoms with Crippen LogP contribution in [0.5, 0.6) is 5.75 Å². The Balaban J connectivity index is 2.15. The van der Waals surface area contributed by atoms with Crippen LogP contribution in [0.15, 0.2) is 48.5 Å². The number of ether oxygens (including phenoxy) is 1. The van der Waals surface area contributed by atoms with Crippen molar-refractivity contribution in [2.45, 2.75) is 32.9 Å². The molecule has 2 unspecified atom stereocenters. The van der Waals surface area contributed by atoms with Crippen molar-refractivity contribution in [3.63, 3.8) is 0 Å². The lowest BCUT2D eigenvalue weighted by molar-refractivity contribution is 0.396. The zero-order valence-corrected chi connectivity index (χ0v) is 12.7. The van der Waals surface area contributed by atoms with E-state index in [0.717, 1.165) is 5.75 Å². The van der Waals surface area contributed by atoms with Crippen LogP contribution in [-0.4, -0.2) is 7.11 Å². The van der Waals surface area contributed by atoms with Crippen LogP contribution in [0.4, 0.5) is 0 Å². The minimum Gasteiger partial charge on any atom is -0.496 e. The van der Waals surface area contributed by atoms with Crippen LogP contribution in [0.2, 0.25) is 0 Å². The summed E-state index contributed by atoms with van der Waals surface area (Å²) in [6, 6.07) is 17.2. The van der Waals surface area contributed by atoms with Crippen LogP contribution in [-0.2, 0) is 0 Å². The molecule has 0 aliphatic heterocycles. The number of rotatable bonds is 5. The van der Waals surface area contributed by atoms with Crippen molar-refractivity contribution in [3.05, 3.63) is 65.2 Å². The highest BCUT2D eigenvalue weighted by Gasteiger charge is 2.15. The van der Waals surface area contributed by atoms with Crippen LogP contribution >= 0.6 is 0 Å². The van der Waals surface area contributed by atoms with Crippen molar-refractivity contribution < 1.29 is 4.74 Å². The van der Waals surface area contributed by atoms with E-state index in [2.05, 4.69) is 62.5 Å². The summed E-state index contributed by atoms with van der Waals surface area (Å²) < 4.78 is 5.44. The molecular weight excluding hydrogens is 246 g/mol. The molecule has 2 rings (SSSR count). The molecule has 1 N–H and O–H groups in total. The SMILES string of the molecule is COc1ccccc1C(C)NC(C)c1ccccc1C. The van der Waals surface area contributed by atoms with Gasteiger partial charge in [0.25, 0.3) is 0 Å². The molecule has 2 nitrogen and oxygen atoms in total. The number of para-hydroxylation sites is 1. The molecule has 0 saturated carbocycles. The van der Waals surface area contributed by atoms with Crippen LogP contribution < -0.4 is 10.1 Å². The van der Waals surface area contributed by atoms with Crippen molar-refractivity contribution >= 4 is 0 Å². The Morgan fingerprint density at radius 2 is 1.40 bits per heavy atom. The quantitative estimate of drug-likeness (QED) is 0.867. The summed E-state index contributed by atoms with van der Waals surface area (Å²) in [5.74, 6) is 0.935. The van der Waals surface area contributed by atoms with Gasteiger partial charge in [-0.1, -0.05) is 42.5 Å². The van der Waals surface area contributed by atoms with Gasteiger partial charge in [0, 0.05) is 17.6 Å². The monoisotopic (exact) mass is 269 g/mol. The molecule has 0 spiro atoms. The van der Waals surface area contributed by atoms with E-state index in [1.807, 2.05) is 12.1 Å². The smallest absolute Gasteiger partial charge is 0.123 e. The van der Waals surface area contributed by atoms with Crippen LogP contribution in [0.25, 0.3) is 0 Å². The molecule has 0 aromatic heterocycles. The number of benzene rings is 2. The van der Waals surface area contributed by atoms with Crippen molar-refractivity contribution in [1.29, 1.82) is 0 Å². The lowest BCUT2D eigenvalue weighted by Crippen LogP contribution is -2.23. The molecule has 106 valence electrons. The molecule has 0 aliphatic rings. The minimum atomic E-state index is 0.237. The Labute approximate surface area is 121 Å². The molecule has 2 atom stereocenters. The lowest BCUT2D eigenvalue weighted by Gasteiger charge is -2.23. The molecule has 0 aliphatic carbocycles. The van der Waals surface area contributed by atoms with Crippen LogP contribution in [0.3, 0.4) is 0 Å². The minimum absolute atomic E-state index is 0.237. The van der Waals surface area contributed by atoms with Gasteiger partial charge < -0.3 is 10.1 Å². The summed E-state index contributed by atoms with van der Waals surface area (Å²) in [5.41, 5.74) is 3.85. The summed E-state index contributed by atoms with van der Waals surface area (Å²) in [4.78, 5) is 0. The van der Waals surface area contributed by atoms with Crippen molar-refractivity contribution in [2.75, 3.05) is 7.11 Å². The predicted molar refractivity (Wildman–Crippen MR) is 84.1 cm³/mol. The van der Waals surface area contributed by atoms with E-state index in [-0.39, 0.29) is 6.04 Å². The number of aryl methyl sites for hydroxylation is 1. The second-order valence-corrected chi connectivity index (χ2v) is 5.21. The van der Waals surface area contributed by atoms with E-state index >= 15 is 0 Å². The largest absolute Gasteiger partial charge is 0.496 e. The molecule has 0 saturated heterocycles. The zero-order valence-electron chi connectivity index (χ0n) is 12.7. The van der Waals surface area contributed by atoms with Crippen LogP contribution in [0.1, 0.15) is 42.6 Å². The standard InChI is InChI=1S/C18H23NO/c1-13-9-5-6-10-16(13)14(2)19-15(3)17-11-7-8-12-18(17)20-4/h5-12,14-15,19H,1-4H3. The van der Waals surface area contributed by atoms with E-state index in [9.17, 15) is 0 Å². The van der Waals surface area contributed by atoms with Gasteiger partial charge in [0.15, 0.2) is 0 Å². The van der Waals surface area contributed by atoms with E-state index in [0.29, 0.717) is 6.04 Å². The average molecular weight is 269 g/mol. The first-order chi connectivity index (χ1) is 9.63. The maximum atomic E-state index is 5.44. The Hall–Kier alpha value is -1.80. The van der Waals surface area contributed by atoms with Gasteiger partial charge in [0.2, 0.25) is 0 Å². The predicted octanol–water partition coefficient (Wildman–Crippen LogP) is 4.42. The number of hydrogen-bond donors (Lipinski definition) is 1. The molecule has 0 amide bonds. The van der Waals surface area contributed by atoms with Gasteiger partial charge in [-0.05, 0) is 38.0 Å². The van der Waals surface area contributed by atoms with E-state index < -0.39 is 0 Å². The zero-order chi connectivity index (χ0) is 14.5. The number of methoxy groups -OCH3 is 1. The summed E-state index contributed by atoms with van der Waals surface area (Å²) in [6.07, 6.45) is 0. The molecular formula is C18H23NO. The van der Waals surface area contributed by atoms with Crippen molar-refractivity contribution in [3.8, 4) is 5.75 Å². The van der Waals surface area contributed by atoms with Gasteiger partial charge in [-0.15, -0.1) is 0 Å². The second-order valence-electron chi connectivity index (χ2n) is 5.21. The summed E-state index contributed by atoms with van der Waals surface area (Å²) in [6.45, 7) is 6.53. The fourth-order valence-corrected chi connectivity index (χ4v) is 2.65. The highest BCUT2D eigenvalue weighted by molar-refractivity contribution is 5.36. The van der Waals surface area contributed by atoms with Crippen molar-refractivity contribution in [2.24, 2.45) is 0 Å². The van der Waals surface area contributed by atoms with Gasteiger partial charge in [-0.2, -0.15) is 0 Å². The fraction of sp³-hybridized carbons (Fsp3) is 0.333. The first-order valence-corrected chi connectivity index (χ1v) is 7.08. The lowest BCUT2D eigenvalue weighted by atomic mass is 10.00. The third-order valence-corrected chi connectivity index (χ3v) is 3.76. The molecule has 2 aromatic rings. The Bertz CT molecular complexity index is 565. The second kappa shape index (κ2) is 6.58. The van der Waals surface area contributed by atoms with Gasteiger partial charge in [0.1, 0.15) is 5.75 Å². The normalized spacial score (nSPS) is 13.8. The van der Waals surface area contributed by atoms with Gasteiger partial charge >= 0.3 is 0 Å². The molecule has 2 heteroatoms. The van der Waals surface area contributed by atoms with Gasteiger partial charge in [0.05, 0.1) is 7.11 Å². The van der Waals surface area contributed by atoms with Crippen LogP contribution in [0, 0.1) is 6.92 Å². The van der Waals surface area contributed by atoms with E-state index in [1.165, 1.54) is 16.7 Å². The molecule has 0 heterocycles. The van der Waals surface area contributed by atoms with Gasteiger partial charge in [-0.25, -0.2) is 0 Å². The van der Waals surface area contributed by atoms with E-state index in [1.54, 1.807) is 7.11 Å². The highest BCUT2D eigenvalue weighted by atomic mass is 16.5. The summed E-state index contributed by atoms with van der Waals surface area (Å²) in [7, 11) is 1.72. The molecule has 20 heavy (non-hydrogen) atoms.